The van der Waals surface area contributed by atoms with E-state index in [0.717, 1.165) is 19.4 Å². The van der Waals surface area contributed by atoms with Gasteiger partial charge in [-0.3, -0.25) is 0 Å². The second kappa shape index (κ2) is 12.9. The maximum absolute atomic E-state index is 6.86. The third-order valence-corrected chi connectivity index (χ3v) is 8.68. The molecule has 0 aliphatic carbocycles. The molecule has 154 valence electrons. The van der Waals surface area contributed by atoms with Crippen LogP contribution in [0.2, 0.25) is 0 Å². The lowest BCUT2D eigenvalue weighted by Crippen LogP contribution is -2.64. The molecular formula is C25H38O2Si. The summed E-state index contributed by atoms with van der Waals surface area (Å²) in [6.07, 6.45) is 10.2. The van der Waals surface area contributed by atoms with E-state index in [1.807, 2.05) is 0 Å². The van der Waals surface area contributed by atoms with Crippen LogP contribution in [0.25, 0.3) is 0 Å². The summed E-state index contributed by atoms with van der Waals surface area (Å²) in [5, 5.41) is 2.40. The number of hydrogen-bond acceptors (Lipinski definition) is 2. The van der Waals surface area contributed by atoms with Crippen molar-refractivity contribution < 1.29 is 8.85 Å². The van der Waals surface area contributed by atoms with Gasteiger partial charge in [-0.05, 0) is 30.1 Å². The summed E-state index contributed by atoms with van der Waals surface area (Å²) in [5.41, 5.74) is 0. The van der Waals surface area contributed by atoms with E-state index >= 15 is 0 Å². The molecule has 0 amide bonds. The van der Waals surface area contributed by atoms with E-state index in [2.05, 4.69) is 81.4 Å². The maximum atomic E-state index is 6.86. The quantitative estimate of drug-likeness (QED) is 0.295. The monoisotopic (exact) mass is 398 g/mol. The number of hydrogen-bond donors (Lipinski definition) is 0. The Balaban J connectivity index is 2.15. The highest BCUT2D eigenvalue weighted by Gasteiger charge is 2.43. The van der Waals surface area contributed by atoms with E-state index in [1.165, 1.54) is 48.9 Å². The minimum Gasteiger partial charge on any atom is -0.388 e. The van der Waals surface area contributed by atoms with Crippen molar-refractivity contribution in [3.63, 3.8) is 0 Å². The molecule has 0 fully saturated rings. The molecule has 2 aromatic carbocycles. The Labute approximate surface area is 173 Å². The van der Waals surface area contributed by atoms with Gasteiger partial charge in [-0.1, -0.05) is 113 Å². The van der Waals surface area contributed by atoms with Crippen LogP contribution in [0.5, 0.6) is 0 Å². The molecule has 1 unspecified atom stereocenters. The molecule has 2 aromatic rings. The number of rotatable bonds is 14. The van der Waals surface area contributed by atoms with Crippen molar-refractivity contribution in [3.8, 4) is 0 Å². The summed E-state index contributed by atoms with van der Waals surface area (Å²) >= 11 is 0. The normalized spacial score (nSPS) is 12.8. The highest BCUT2D eigenvalue weighted by atomic mass is 28.4. The number of benzene rings is 2. The Kier molecular flexibility index (Phi) is 10.6. The minimum atomic E-state index is -2.71. The van der Waals surface area contributed by atoms with Crippen molar-refractivity contribution in [1.29, 1.82) is 0 Å². The van der Waals surface area contributed by atoms with Crippen molar-refractivity contribution >= 4 is 18.9 Å². The van der Waals surface area contributed by atoms with Gasteiger partial charge in [-0.25, -0.2) is 0 Å². The van der Waals surface area contributed by atoms with Crippen LogP contribution < -0.4 is 10.4 Å². The summed E-state index contributed by atoms with van der Waals surface area (Å²) in [4.78, 5) is 0. The van der Waals surface area contributed by atoms with Gasteiger partial charge in [0.2, 0.25) is 0 Å². The Bertz CT molecular complexity index is 590. The first kappa shape index (κ1) is 22.9. The lowest BCUT2D eigenvalue weighted by atomic mass is 10.1. The van der Waals surface area contributed by atoms with Crippen LogP contribution in [0.3, 0.4) is 0 Å². The van der Waals surface area contributed by atoms with Gasteiger partial charge in [0, 0.05) is 12.7 Å². The van der Waals surface area contributed by atoms with Crippen LogP contribution in [0, 0.1) is 0 Å². The van der Waals surface area contributed by atoms with Crippen LogP contribution in [0.4, 0.5) is 0 Å². The lowest BCUT2D eigenvalue weighted by Gasteiger charge is -2.34. The summed E-state index contributed by atoms with van der Waals surface area (Å²) in [7, 11) is -2.71. The molecule has 28 heavy (non-hydrogen) atoms. The summed E-state index contributed by atoms with van der Waals surface area (Å²) in [6, 6.07) is 21.2. The maximum Gasteiger partial charge on any atom is 0.407 e. The van der Waals surface area contributed by atoms with E-state index in [9.17, 15) is 0 Å². The third-order valence-electron chi connectivity index (χ3n) is 5.15. The second-order valence-electron chi connectivity index (χ2n) is 7.68. The van der Waals surface area contributed by atoms with E-state index in [1.54, 1.807) is 0 Å². The van der Waals surface area contributed by atoms with Gasteiger partial charge >= 0.3 is 8.56 Å². The molecular weight excluding hydrogens is 360 g/mol. The van der Waals surface area contributed by atoms with Gasteiger partial charge < -0.3 is 8.85 Å². The average molecular weight is 399 g/mol. The van der Waals surface area contributed by atoms with Gasteiger partial charge in [0.25, 0.3) is 0 Å². The Morgan fingerprint density at radius 3 is 1.79 bits per heavy atom. The van der Waals surface area contributed by atoms with E-state index in [0.29, 0.717) is 0 Å². The Hall–Kier alpha value is -1.42. The van der Waals surface area contributed by atoms with Gasteiger partial charge in [0.1, 0.15) is 0 Å². The topological polar surface area (TPSA) is 18.5 Å². The predicted molar refractivity (Wildman–Crippen MR) is 123 cm³/mol. The Morgan fingerprint density at radius 2 is 1.25 bits per heavy atom. The van der Waals surface area contributed by atoms with Crippen molar-refractivity contribution in [2.45, 2.75) is 78.2 Å². The molecule has 0 saturated carbocycles. The van der Waals surface area contributed by atoms with Crippen LogP contribution in [0.1, 0.15) is 72.1 Å². The highest BCUT2D eigenvalue weighted by molar-refractivity contribution is 6.92. The SMILES string of the molecule is CCCCCCCCC(C)O[Si](OCCC)(c1ccccc1)c1ccccc1. The van der Waals surface area contributed by atoms with Crippen LogP contribution in [-0.2, 0) is 8.85 Å². The van der Waals surface area contributed by atoms with Gasteiger partial charge in [-0.2, -0.15) is 0 Å². The molecule has 0 heterocycles. The zero-order valence-corrected chi connectivity index (χ0v) is 19.0. The fraction of sp³-hybridized carbons (Fsp3) is 0.520. The smallest absolute Gasteiger partial charge is 0.388 e. The van der Waals surface area contributed by atoms with E-state index < -0.39 is 8.56 Å². The average Bonchev–Trinajstić information content (AvgIpc) is 2.75. The zero-order valence-electron chi connectivity index (χ0n) is 18.0. The van der Waals surface area contributed by atoms with Crippen molar-refractivity contribution in [3.05, 3.63) is 60.7 Å². The van der Waals surface area contributed by atoms with Gasteiger partial charge in [0.05, 0.1) is 0 Å². The summed E-state index contributed by atoms with van der Waals surface area (Å²) in [6.45, 7) is 7.37. The van der Waals surface area contributed by atoms with Gasteiger partial charge in [0.15, 0.2) is 0 Å². The third kappa shape index (κ3) is 6.88. The Morgan fingerprint density at radius 1 is 0.714 bits per heavy atom. The van der Waals surface area contributed by atoms with Crippen LogP contribution in [-0.4, -0.2) is 21.3 Å². The molecule has 0 spiro atoms. The molecule has 3 heteroatoms. The standard InChI is InChI=1S/C25H38O2Si/c1-4-6-7-8-9-12-17-23(3)27-28(26-22-5-2,24-18-13-10-14-19-24)25-20-15-11-16-21-25/h10-11,13-16,18-21,23H,4-9,12,17,22H2,1-3H3. The van der Waals surface area contributed by atoms with Crippen LogP contribution >= 0.6 is 0 Å². The molecule has 2 rings (SSSR count). The first-order chi connectivity index (χ1) is 13.7. The largest absolute Gasteiger partial charge is 0.407 e. The van der Waals surface area contributed by atoms with Gasteiger partial charge in [-0.15, -0.1) is 0 Å². The first-order valence-corrected chi connectivity index (χ1v) is 13.0. The zero-order chi connectivity index (χ0) is 20.1. The molecule has 0 N–H and O–H groups in total. The number of unbranched alkanes of at least 4 members (excludes halogenated alkanes) is 5. The van der Waals surface area contributed by atoms with E-state index in [-0.39, 0.29) is 6.10 Å². The lowest BCUT2D eigenvalue weighted by molar-refractivity contribution is 0.133. The van der Waals surface area contributed by atoms with Crippen molar-refractivity contribution in [1.82, 2.24) is 0 Å². The second-order valence-corrected chi connectivity index (χ2v) is 10.6. The molecule has 0 aliphatic rings. The fourth-order valence-corrected chi connectivity index (χ4v) is 7.06. The summed E-state index contributed by atoms with van der Waals surface area (Å²) < 4.78 is 13.5. The van der Waals surface area contributed by atoms with Crippen molar-refractivity contribution in [2.24, 2.45) is 0 Å². The summed E-state index contributed by atoms with van der Waals surface area (Å²) in [5.74, 6) is 0. The fourth-order valence-electron chi connectivity index (χ4n) is 3.62. The minimum absolute atomic E-state index is 0.190. The molecule has 0 saturated heterocycles. The predicted octanol–water partition coefficient (Wildman–Crippen LogP) is 5.83. The molecule has 1 atom stereocenters. The molecule has 0 aromatic heterocycles. The first-order valence-electron chi connectivity index (χ1n) is 11.2. The molecule has 0 bridgehead atoms. The van der Waals surface area contributed by atoms with Crippen LogP contribution in [0.15, 0.2) is 60.7 Å². The molecule has 0 radical (unpaired) electrons. The highest BCUT2D eigenvalue weighted by Crippen LogP contribution is 2.17. The molecule has 2 nitrogen and oxygen atoms in total. The van der Waals surface area contributed by atoms with E-state index in [4.69, 9.17) is 8.85 Å². The van der Waals surface area contributed by atoms with Crippen molar-refractivity contribution in [2.75, 3.05) is 6.61 Å². The molecule has 0 aliphatic heterocycles.